The number of carbonyl (C=O) groups is 6. The summed E-state index contributed by atoms with van der Waals surface area (Å²) < 4.78 is 45.6. The highest BCUT2D eigenvalue weighted by molar-refractivity contribution is 5.87. The molecule has 14 nitrogen and oxygen atoms in total. The number of carboxylic acids is 1. The summed E-state index contributed by atoms with van der Waals surface area (Å²) in [5.41, 5.74) is 5.42. The molecule has 6 N–H and O–H groups in total. The van der Waals surface area contributed by atoms with Crippen LogP contribution in [0.15, 0.2) is 0 Å². The van der Waals surface area contributed by atoms with Crippen molar-refractivity contribution in [2.45, 2.75) is 76.0 Å². The van der Waals surface area contributed by atoms with Gasteiger partial charge in [-0.25, -0.2) is 19.2 Å². The number of hydrogen-bond acceptors (Lipinski definition) is 10. The van der Waals surface area contributed by atoms with Gasteiger partial charge in [0.15, 0.2) is 0 Å². The smallest absolute Gasteiger partial charge is 0.475 e. The maximum absolute atomic E-state index is 12.3. The molecule has 0 aliphatic heterocycles. The van der Waals surface area contributed by atoms with Crippen LogP contribution in [0.4, 0.5) is 18.0 Å². The van der Waals surface area contributed by atoms with Gasteiger partial charge < -0.3 is 41.0 Å². The lowest BCUT2D eigenvalue weighted by molar-refractivity contribution is -0.192. The molecular weight excluding hydrogens is 549 g/mol. The number of carbonyl (C=O) groups excluding carboxylic acids is 5. The Hall–Kier alpha value is -3.63. The van der Waals surface area contributed by atoms with Crippen molar-refractivity contribution < 1.29 is 61.3 Å². The number of rotatable bonds is 17. The average molecular weight is 589 g/mol. The standard InChI is InChI=1S/C21H38N4O8.C2HF3O2/c1-31-18(27)12-11-16(20(29)33-3)25-21(30)24-15(19(28)32-2)9-6-8-14-23-17(26)10-5-4-7-13-22;3-2(4,5)1(6)7/h15-16H,4-14,22H2,1-3H3,(H,23,26)(H2,24,25,30);(H,6,7)/t15-,16-;/m0./s1. The number of ether oxygens (including phenoxy) is 3. The first-order chi connectivity index (χ1) is 18.7. The van der Waals surface area contributed by atoms with E-state index in [1.807, 2.05) is 0 Å². The number of hydrogen-bond donors (Lipinski definition) is 5. The second-order valence-corrected chi connectivity index (χ2v) is 8.13. The van der Waals surface area contributed by atoms with E-state index in [2.05, 4.69) is 25.4 Å². The second kappa shape index (κ2) is 22.2. The van der Waals surface area contributed by atoms with Crippen LogP contribution in [0.5, 0.6) is 0 Å². The van der Waals surface area contributed by atoms with E-state index in [0.717, 1.165) is 26.4 Å². The monoisotopic (exact) mass is 588 g/mol. The van der Waals surface area contributed by atoms with E-state index >= 15 is 0 Å². The third kappa shape index (κ3) is 20.3. The van der Waals surface area contributed by atoms with E-state index in [4.69, 9.17) is 20.4 Å². The van der Waals surface area contributed by atoms with Crippen LogP contribution in [0.3, 0.4) is 0 Å². The van der Waals surface area contributed by atoms with Crippen LogP contribution in [0, 0.1) is 0 Å². The molecule has 0 aromatic carbocycles. The number of halogens is 3. The SMILES string of the molecule is COC(=O)CC[C@H](NC(=O)N[C@@H](CCCCNC(=O)CCCCCN)C(=O)OC)C(=O)OC.O=C(O)C(F)(F)F. The fourth-order valence-electron chi connectivity index (χ4n) is 2.90. The lowest BCUT2D eigenvalue weighted by Crippen LogP contribution is -2.51. The molecule has 0 aliphatic rings. The van der Waals surface area contributed by atoms with Gasteiger partial charge in [0, 0.05) is 19.4 Å². The van der Waals surface area contributed by atoms with Crippen LogP contribution in [0.1, 0.15) is 57.8 Å². The number of aliphatic carboxylic acids is 1. The number of carboxylic acid groups (broad SMARTS) is 1. The first kappa shape index (κ1) is 38.5. The van der Waals surface area contributed by atoms with E-state index in [1.54, 1.807) is 0 Å². The number of esters is 3. The number of methoxy groups -OCH3 is 3. The largest absolute Gasteiger partial charge is 0.490 e. The Morgan fingerprint density at radius 3 is 1.75 bits per heavy atom. The third-order valence-corrected chi connectivity index (χ3v) is 5.04. The molecular formula is C23H39F3N4O10. The number of urea groups is 1. The molecule has 2 atom stereocenters. The molecule has 0 bridgehead atoms. The van der Waals surface area contributed by atoms with Crippen molar-refractivity contribution in [1.29, 1.82) is 0 Å². The summed E-state index contributed by atoms with van der Waals surface area (Å²) >= 11 is 0. The van der Waals surface area contributed by atoms with E-state index in [-0.39, 0.29) is 25.2 Å². The average Bonchev–Trinajstić information content (AvgIpc) is 2.91. The molecule has 0 aromatic heterocycles. The van der Waals surface area contributed by atoms with Crippen molar-refractivity contribution in [3.63, 3.8) is 0 Å². The van der Waals surface area contributed by atoms with Gasteiger partial charge in [-0.05, 0) is 45.1 Å². The Bertz CT molecular complexity index is 812. The quantitative estimate of drug-likeness (QED) is 0.0909. The lowest BCUT2D eigenvalue weighted by Gasteiger charge is -2.20. The first-order valence-corrected chi connectivity index (χ1v) is 12.3. The molecule has 0 aliphatic carbocycles. The highest BCUT2D eigenvalue weighted by Crippen LogP contribution is 2.13. The van der Waals surface area contributed by atoms with Crippen molar-refractivity contribution in [3.8, 4) is 0 Å². The maximum atomic E-state index is 12.3. The topological polar surface area (TPSA) is 212 Å². The van der Waals surface area contributed by atoms with Gasteiger partial charge in [-0.1, -0.05) is 6.42 Å². The predicted octanol–water partition coefficient (Wildman–Crippen LogP) is 0.761. The van der Waals surface area contributed by atoms with E-state index in [0.29, 0.717) is 32.4 Å². The normalized spacial score (nSPS) is 12.0. The van der Waals surface area contributed by atoms with Crippen molar-refractivity contribution in [1.82, 2.24) is 16.0 Å². The summed E-state index contributed by atoms with van der Waals surface area (Å²) in [4.78, 5) is 68.2. The predicted molar refractivity (Wildman–Crippen MR) is 133 cm³/mol. The maximum Gasteiger partial charge on any atom is 0.490 e. The minimum absolute atomic E-state index is 0.0262. The summed E-state index contributed by atoms with van der Waals surface area (Å²) in [5.74, 6) is -4.70. The van der Waals surface area contributed by atoms with Crippen LogP contribution in [0.25, 0.3) is 0 Å². The minimum Gasteiger partial charge on any atom is -0.475 e. The fourth-order valence-corrected chi connectivity index (χ4v) is 2.90. The van der Waals surface area contributed by atoms with Gasteiger partial charge in [-0.15, -0.1) is 0 Å². The number of amides is 3. The van der Waals surface area contributed by atoms with Crippen molar-refractivity contribution in [3.05, 3.63) is 0 Å². The summed E-state index contributed by atoms with van der Waals surface area (Å²) in [7, 11) is 3.57. The molecule has 232 valence electrons. The molecule has 0 rings (SSSR count). The summed E-state index contributed by atoms with van der Waals surface area (Å²) in [6, 6.07) is -2.82. The van der Waals surface area contributed by atoms with Crippen LogP contribution in [-0.2, 0) is 38.2 Å². The molecule has 3 amide bonds. The zero-order chi connectivity index (χ0) is 31.1. The number of alkyl halides is 3. The van der Waals surface area contributed by atoms with Crippen molar-refractivity contribution in [2.24, 2.45) is 5.73 Å². The Kier molecular flexibility index (Phi) is 21.4. The Balaban J connectivity index is 0. The Morgan fingerprint density at radius 1 is 0.775 bits per heavy atom. The Labute approximate surface area is 229 Å². The first-order valence-electron chi connectivity index (χ1n) is 12.3. The van der Waals surface area contributed by atoms with Gasteiger partial charge in [0.05, 0.1) is 21.3 Å². The number of unbranched alkanes of at least 4 members (excludes halogenated alkanes) is 3. The van der Waals surface area contributed by atoms with Crippen molar-refractivity contribution in [2.75, 3.05) is 34.4 Å². The molecule has 0 unspecified atom stereocenters. The third-order valence-electron chi connectivity index (χ3n) is 5.04. The van der Waals surface area contributed by atoms with E-state index in [9.17, 15) is 37.1 Å². The molecule has 0 saturated heterocycles. The molecule has 0 fully saturated rings. The zero-order valence-corrected chi connectivity index (χ0v) is 22.8. The van der Waals surface area contributed by atoms with Crippen molar-refractivity contribution >= 4 is 35.8 Å². The number of nitrogens with one attached hydrogen (secondary N) is 3. The fraction of sp³-hybridized carbons (Fsp3) is 0.739. The highest BCUT2D eigenvalue weighted by Gasteiger charge is 2.38. The molecule has 0 heterocycles. The van der Waals surface area contributed by atoms with Gasteiger partial charge >= 0.3 is 36.1 Å². The van der Waals surface area contributed by atoms with Gasteiger partial charge in [-0.2, -0.15) is 13.2 Å². The van der Waals surface area contributed by atoms with Crippen LogP contribution >= 0.6 is 0 Å². The molecule has 40 heavy (non-hydrogen) atoms. The van der Waals surface area contributed by atoms with Gasteiger partial charge in [0.2, 0.25) is 5.91 Å². The highest BCUT2D eigenvalue weighted by atomic mass is 19.4. The van der Waals surface area contributed by atoms with Crippen LogP contribution in [0.2, 0.25) is 0 Å². The zero-order valence-electron chi connectivity index (χ0n) is 22.8. The second-order valence-electron chi connectivity index (χ2n) is 8.13. The minimum atomic E-state index is -5.08. The van der Waals surface area contributed by atoms with E-state index in [1.165, 1.54) is 14.2 Å². The Morgan fingerprint density at radius 2 is 1.30 bits per heavy atom. The van der Waals surface area contributed by atoms with Gasteiger partial charge in [-0.3, -0.25) is 9.59 Å². The van der Waals surface area contributed by atoms with Crippen LogP contribution in [-0.4, -0.2) is 93.6 Å². The van der Waals surface area contributed by atoms with Gasteiger partial charge in [0.25, 0.3) is 0 Å². The summed E-state index contributed by atoms with van der Waals surface area (Å²) in [5, 5.41) is 14.8. The lowest BCUT2D eigenvalue weighted by atomic mass is 10.1. The molecule has 17 heteroatoms. The van der Waals surface area contributed by atoms with Crippen LogP contribution < -0.4 is 21.7 Å². The molecule has 0 saturated carbocycles. The molecule has 0 spiro atoms. The van der Waals surface area contributed by atoms with E-state index < -0.39 is 48.2 Å². The summed E-state index contributed by atoms with van der Waals surface area (Å²) in [6.07, 6.45) is -0.741. The number of nitrogens with two attached hydrogens (primary N) is 1. The molecule has 0 aromatic rings. The molecule has 0 radical (unpaired) electrons. The van der Waals surface area contributed by atoms with Gasteiger partial charge in [0.1, 0.15) is 12.1 Å². The summed E-state index contributed by atoms with van der Waals surface area (Å²) in [6.45, 7) is 1.07.